The third-order valence-corrected chi connectivity index (χ3v) is 17.8. The summed E-state index contributed by atoms with van der Waals surface area (Å²) in [4.78, 5) is 0. The van der Waals surface area contributed by atoms with Crippen molar-refractivity contribution >= 4 is 0 Å². The molecule has 0 amide bonds. The van der Waals surface area contributed by atoms with E-state index in [1.54, 1.807) is 22.3 Å². The van der Waals surface area contributed by atoms with Gasteiger partial charge in [0.25, 0.3) is 0 Å². The standard InChI is InChI=1S/2C31H41.Hg/c2*1-4-7-9-11-13-17-23-31(24-18-14-12-10-8-5-2)29-20-16-15-19-27(29)28-22-21-26(6-3)25-30(28)31;/h2*15-16,19-22,25H,4-5,7-14,17-18,23-24H2,1-2H3;. The minimum atomic E-state index is -1.76. The molecule has 0 spiro atoms. The Kier molecular flexibility index (Phi) is 21.0. The quantitative estimate of drug-likeness (QED) is 0.0302. The summed E-state index contributed by atoms with van der Waals surface area (Å²) in [6, 6.07) is 33.3. The van der Waals surface area contributed by atoms with Crippen LogP contribution in [0.5, 0.6) is 0 Å². The van der Waals surface area contributed by atoms with Gasteiger partial charge in [-0.3, -0.25) is 0 Å². The van der Waals surface area contributed by atoms with E-state index in [0.717, 1.165) is 0 Å². The van der Waals surface area contributed by atoms with Crippen molar-refractivity contribution in [1.82, 2.24) is 0 Å². The van der Waals surface area contributed by atoms with Crippen molar-refractivity contribution in [3.8, 4) is 41.0 Å². The molecule has 0 saturated heterocycles. The number of hydrogen-bond donors (Lipinski definition) is 0. The Morgan fingerprint density at radius 3 is 0.984 bits per heavy atom. The molecule has 0 aliphatic heterocycles. The van der Waals surface area contributed by atoms with E-state index in [-0.39, 0.29) is 10.8 Å². The van der Waals surface area contributed by atoms with E-state index in [2.05, 4.69) is 131 Å². The second kappa shape index (κ2) is 26.8. The van der Waals surface area contributed by atoms with Crippen molar-refractivity contribution in [2.24, 2.45) is 0 Å². The Bertz CT molecular complexity index is 1930. The van der Waals surface area contributed by atoms with E-state index < -0.39 is 24.6 Å². The maximum absolute atomic E-state index is 3.73. The molecule has 2 aliphatic carbocycles. The van der Waals surface area contributed by atoms with E-state index >= 15 is 0 Å². The van der Waals surface area contributed by atoms with Gasteiger partial charge in [-0.2, -0.15) is 0 Å². The van der Waals surface area contributed by atoms with Crippen LogP contribution in [0.3, 0.4) is 0 Å². The Labute approximate surface area is 399 Å². The van der Waals surface area contributed by atoms with Crippen LogP contribution >= 0.6 is 0 Å². The maximum atomic E-state index is 3.73. The Hall–Kier alpha value is -3.06. The van der Waals surface area contributed by atoms with Crippen molar-refractivity contribution in [3.05, 3.63) is 118 Å². The molecular formula is C62H82Hg. The van der Waals surface area contributed by atoms with Crippen LogP contribution in [0.2, 0.25) is 0 Å². The van der Waals surface area contributed by atoms with Gasteiger partial charge < -0.3 is 0 Å². The molecule has 0 N–H and O–H groups in total. The molecule has 63 heavy (non-hydrogen) atoms. The summed E-state index contributed by atoms with van der Waals surface area (Å²) in [6.07, 6.45) is 37.4. The van der Waals surface area contributed by atoms with Gasteiger partial charge in [0.1, 0.15) is 0 Å². The monoisotopic (exact) mass is 1030 g/mol. The Morgan fingerprint density at radius 2 is 0.635 bits per heavy atom. The van der Waals surface area contributed by atoms with E-state index in [1.807, 2.05) is 0 Å². The Balaban J connectivity index is 1.21. The van der Waals surface area contributed by atoms with Crippen molar-refractivity contribution in [1.29, 1.82) is 0 Å². The van der Waals surface area contributed by atoms with E-state index in [1.165, 1.54) is 213 Å². The summed E-state index contributed by atoms with van der Waals surface area (Å²) in [5, 5.41) is 0. The summed E-state index contributed by atoms with van der Waals surface area (Å²) in [6.45, 7) is 9.30. The van der Waals surface area contributed by atoms with Gasteiger partial charge in [0, 0.05) is 0 Å². The third kappa shape index (κ3) is 13.1. The first kappa shape index (κ1) is 49.4. The van der Waals surface area contributed by atoms with Crippen LogP contribution in [-0.2, 0) is 35.4 Å². The molecule has 4 aromatic carbocycles. The fourth-order valence-corrected chi connectivity index (χ4v) is 14.2. The van der Waals surface area contributed by atoms with Crippen molar-refractivity contribution in [2.45, 2.75) is 218 Å². The molecule has 0 fully saturated rings. The molecular weight excluding hydrogens is 945 g/mol. The van der Waals surface area contributed by atoms with Crippen LogP contribution in [0.15, 0.2) is 84.9 Å². The summed E-state index contributed by atoms with van der Waals surface area (Å²) < 4.78 is 7.47. The number of rotatable bonds is 28. The average molecular weight is 1030 g/mol. The summed E-state index contributed by atoms with van der Waals surface area (Å²) in [5.41, 5.74) is 14.7. The summed E-state index contributed by atoms with van der Waals surface area (Å²) in [5.74, 6) is 7.40. The second-order valence-electron chi connectivity index (χ2n) is 19.6. The summed E-state index contributed by atoms with van der Waals surface area (Å²) in [7, 11) is 0. The third-order valence-electron chi connectivity index (χ3n) is 15.0. The fraction of sp³-hybridized carbons (Fsp3) is 0.548. The minimum absolute atomic E-state index is 0.107. The normalized spacial score (nSPS) is 13.5. The van der Waals surface area contributed by atoms with E-state index in [4.69, 9.17) is 0 Å². The number of unbranched alkanes of at least 4 members (excludes halogenated alkanes) is 20. The molecule has 0 bridgehead atoms. The molecule has 0 atom stereocenters. The van der Waals surface area contributed by atoms with Crippen LogP contribution in [0.4, 0.5) is 0 Å². The van der Waals surface area contributed by atoms with Crippen molar-refractivity contribution < 1.29 is 24.6 Å². The van der Waals surface area contributed by atoms with Crippen LogP contribution in [-0.4, -0.2) is 0 Å². The van der Waals surface area contributed by atoms with Gasteiger partial charge in [-0.15, -0.1) is 0 Å². The van der Waals surface area contributed by atoms with Gasteiger partial charge in [-0.05, 0) is 0 Å². The van der Waals surface area contributed by atoms with Gasteiger partial charge in [-0.25, -0.2) is 0 Å². The predicted molar refractivity (Wildman–Crippen MR) is 271 cm³/mol. The van der Waals surface area contributed by atoms with Crippen LogP contribution in [0.1, 0.15) is 241 Å². The van der Waals surface area contributed by atoms with Crippen LogP contribution in [0, 0.1) is 18.7 Å². The molecule has 332 valence electrons. The van der Waals surface area contributed by atoms with Crippen molar-refractivity contribution in [2.75, 3.05) is 0 Å². The molecule has 0 unspecified atom stereocenters. The first-order valence-corrected chi connectivity index (χ1v) is 32.1. The van der Waals surface area contributed by atoms with Gasteiger partial charge in [0.15, 0.2) is 0 Å². The van der Waals surface area contributed by atoms with Crippen LogP contribution in [0.25, 0.3) is 22.3 Å². The predicted octanol–water partition coefficient (Wildman–Crippen LogP) is 18.6. The number of hydrogen-bond acceptors (Lipinski definition) is 0. The van der Waals surface area contributed by atoms with E-state index in [9.17, 15) is 0 Å². The molecule has 1 heteroatoms. The zero-order valence-corrected chi connectivity index (χ0v) is 46.1. The zero-order chi connectivity index (χ0) is 44.0. The van der Waals surface area contributed by atoms with E-state index in [0.29, 0.717) is 0 Å². The second-order valence-corrected chi connectivity index (χ2v) is 23.8. The molecule has 0 heterocycles. The first-order chi connectivity index (χ1) is 31.1. The van der Waals surface area contributed by atoms with Crippen LogP contribution < -0.4 is 0 Å². The SMILES string of the molecule is CCCCCCCCC1(CCCCCCCC)c2ccccc2-c2ccc(C#[C][Hg][C]#Cc3ccc4c(c3)C(CCCCCCCC)(CCCCCCCC)c3ccccc3-4)cc21. The average Bonchev–Trinajstić information content (AvgIpc) is 3.74. The Morgan fingerprint density at radius 1 is 0.333 bits per heavy atom. The molecule has 0 nitrogen and oxygen atoms in total. The molecule has 0 aromatic heterocycles. The molecule has 0 radical (unpaired) electrons. The molecule has 0 saturated carbocycles. The fourth-order valence-electron chi connectivity index (χ4n) is 11.6. The van der Waals surface area contributed by atoms with Gasteiger partial charge in [0.05, 0.1) is 0 Å². The first-order valence-electron chi connectivity index (χ1n) is 26.6. The molecule has 4 aromatic rings. The van der Waals surface area contributed by atoms with Crippen molar-refractivity contribution in [3.63, 3.8) is 0 Å². The van der Waals surface area contributed by atoms with Gasteiger partial charge in [-0.1, -0.05) is 53.4 Å². The zero-order valence-electron chi connectivity index (χ0n) is 40.6. The van der Waals surface area contributed by atoms with Gasteiger partial charge in [0.2, 0.25) is 0 Å². The molecule has 2 aliphatic rings. The topological polar surface area (TPSA) is 0 Å². The van der Waals surface area contributed by atoms with Gasteiger partial charge >= 0.3 is 349 Å². The number of benzene rings is 4. The number of fused-ring (bicyclic) bond motifs is 6. The summed E-state index contributed by atoms with van der Waals surface area (Å²) >= 11 is -1.76. The molecule has 6 rings (SSSR count).